The second-order valence-electron chi connectivity index (χ2n) is 4.79. The lowest BCUT2D eigenvalue weighted by atomic mass is 10.1. The van der Waals surface area contributed by atoms with Crippen molar-refractivity contribution in [2.45, 2.75) is 19.3 Å². The Bertz CT molecular complexity index is 458. The third-order valence-corrected chi connectivity index (χ3v) is 3.92. The first-order valence-corrected chi connectivity index (χ1v) is 7.18. The van der Waals surface area contributed by atoms with Gasteiger partial charge in [-0.15, -0.1) is 0 Å². The quantitative estimate of drug-likeness (QED) is 0.908. The Hall–Kier alpha value is -0.770. The van der Waals surface area contributed by atoms with Crippen molar-refractivity contribution >= 4 is 29.1 Å². The van der Waals surface area contributed by atoms with E-state index in [1.165, 1.54) is 0 Å². The molecule has 1 aromatic carbocycles. The lowest BCUT2D eigenvalue weighted by molar-refractivity contribution is -0.133. The number of benzene rings is 1. The number of amides is 1. The van der Waals surface area contributed by atoms with E-state index in [1.54, 1.807) is 11.0 Å². The van der Waals surface area contributed by atoms with Crippen molar-refractivity contribution in [1.82, 2.24) is 4.90 Å². The average molecular weight is 302 g/mol. The lowest BCUT2D eigenvalue weighted by Gasteiger charge is -2.19. The number of hydrogen-bond donors (Lipinski definition) is 1. The van der Waals surface area contributed by atoms with Crippen molar-refractivity contribution in [3.8, 4) is 0 Å². The van der Waals surface area contributed by atoms with Crippen LogP contribution in [0.25, 0.3) is 0 Å². The summed E-state index contributed by atoms with van der Waals surface area (Å²) in [6.07, 6.45) is 0.831. The van der Waals surface area contributed by atoms with Gasteiger partial charge >= 0.3 is 0 Å². The predicted octanol–water partition coefficient (Wildman–Crippen LogP) is 2.94. The molecular weight excluding hydrogens is 285 g/mol. The van der Waals surface area contributed by atoms with Crippen LogP contribution in [0, 0.1) is 5.92 Å². The zero-order valence-electron chi connectivity index (χ0n) is 10.8. The maximum absolute atomic E-state index is 12.2. The maximum Gasteiger partial charge on any atom is 0.226 e. The smallest absolute Gasteiger partial charge is 0.226 e. The van der Waals surface area contributed by atoms with Gasteiger partial charge in [-0.3, -0.25) is 4.79 Å². The zero-order chi connectivity index (χ0) is 14.0. The maximum atomic E-state index is 12.2. The van der Waals surface area contributed by atoms with Gasteiger partial charge in [-0.05, 0) is 43.0 Å². The normalized spacial score (nSPS) is 21.3. The van der Waals surface area contributed by atoms with Crippen molar-refractivity contribution < 1.29 is 9.90 Å². The van der Waals surface area contributed by atoms with E-state index >= 15 is 0 Å². The summed E-state index contributed by atoms with van der Waals surface area (Å²) in [7, 11) is 0. The highest BCUT2D eigenvalue weighted by molar-refractivity contribution is 6.34. The van der Waals surface area contributed by atoms with Crippen LogP contribution in [0.5, 0.6) is 0 Å². The highest BCUT2D eigenvalue weighted by Crippen LogP contribution is 2.49. The average Bonchev–Trinajstić information content (AvgIpc) is 3.14. The van der Waals surface area contributed by atoms with E-state index in [-0.39, 0.29) is 24.3 Å². The van der Waals surface area contributed by atoms with E-state index in [0.29, 0.717) is 23.1 Å². The second-order valence-corrected chi connectivity index (χ2v) is 5.67. The number of rotatable bonds is 5. The zero-order valence-corrected chi connectivity index (χ0v) is 12.3. The summed E-state index contributed by atoms with van der Waals surface area (Å²) in [6.45, 7) is 2.94. The second kappa shape index (κ2) is 6.12. The van der Waals surface area contributed by atoms with Crippen LogP contribution in [0.4, 0.5) is 0 Å². The first kappa shape index (κ1) is 14.6. The number of halogens is 2. The van der Waals surface area contributed by atoms with Gasteiger partial charge in [0.1, 0.15) is 0 Å². The molecule has 2 atom stereocenters. The molecular formula is C14H17Cl2NO2. The Labute approximate surface area is 123 Å². The molecule has 1 aromatic rings. The highest BCUT2D eigenvalue weighted by atomic mass is 35.5. The Balaban J connectivity index is 2.05. The summed E-state index contributed by atoms with van der Waals surface area (Å²) in [5.41, 5.74) is 1.02. The SMILES string of the molecule is CCN(CCO)C(=O)C1CC1c1cc(Cl)cc(Cl)c1. The fourth-order valence-electron chi connectivity index (χ4n) is 2.40. The Kier molecular flexibility index (Phi) is 4.71. The van der Waals surface area contributed by atoms with Crippen LogP contribution in [0.2, 0.25) is 10.0 Å². The minimum absolute atomic E-state index is 0.0000397. The van der Waals surface area contributed by atoms with Gasteiger partial charge in [-0.2, -0.15) is 0 Å². The molecule has 19 heavy (non-hydrogen) atoms. The molecule has 5 heteroatoms. The van der Waals surface area contributed by atoms with Crippen molar-refractivity contribution in [2.24, 2.45) is 5.92 Å². The van der Waals surface area contributed by atoms with Crippen LogP contribution in [-0.2, 0) is 4.79 Å². The minimum Gasteiger partial charge on any atom is -0.395 e. The van der Waals surface area contributed by atoms with Crippen LogP contribution in [-0.4, -0.2) is 35.6 Å². The van der Waals surface area contributed by atoms with E-state index < -0.39 is 0 Å². The summed E-state index contributed by atoms with van der Waals surface area (Å²) < 4.78 is 0. The van der Waals surface area contributed by atoms with Gasteiger partial charge in [-0.1, -0.05) is 23.2 Å². The van der Waals surface area contributed by atoms with E-state index in [4.69, 9.17) is 28.3 Å². The number of nitrogens with zero attached hydrogens (tertiary/aromatic N) is 1. The molecule has 0 bridgehead atoms. The Morgan fingerprint density at radius 2 is 2.00 bits per heavy atom. The molecule has 2 unspecified atom stereocenters. The minimum atomic E-state index is -0.0000397. The fraction of sp³-hybridized carbons (Fsp3) is 0.500. The molecule has 0 aliphatic heterocycles. The number of likely N-dealkylation sites (N-methyl/N-ethyl adjacent to an activating group) is 1. The molecule has 104 valence electrons. The van der Waals surface area contributed by atoms with Crippen molar-refractivity contribution in [3.63, 3.8) is 0 Å². The highest BCUT2D eigenvalue weighted by Gasteiger charge is 2.45. The topological polar surface area (TPSA) is 40.5 Å². The molecule has 1 fully saturated rings. The summed E-state index contributed by atoms with van der Waals surface area (Å²) >= 11 is 12.0. The summed E-state index contributed by atoms with van der Waals surface area (Å²) in [6, 6.07) is 5.43. The van der Waals surface area contributed by atoms with Crippen LogP contribution in [0.3, 0.4) is 0 Å². The van der Waals surface area contributed by atoms with Gasteiger partial charge in [0.15, 0.2) is 0 Å². The van der Waals surface area contributed by atoms with Gasteiger partial charge in [-0.25, -0.2) is 0 Å². The van der Waals surface area contributed by atoms with Gasteiger partial charge in [0.05, 0.1) is 6.61 Å². The molecule has 0 heterocycles. The standard InChI is InChI=1S/C14H17Cl2NO2/c1-2-17(3-4-18)14(19)13-8-12(13)9-5-10(15)7-11(16)6-9/h5-7,12-13,18H,2-4,8H2,1H3. The van der Waals surface area contributed by atoms with Crippen molar-refractivity contribution in [3.05, 3.63) is 33.8 Å². The molecule has 1 aliphatic carbocycles. The lowest BCUT2D eigenvalue weighted by Crippen LogP contribution is -2.34. The molecule has 1 aliphatic rings. The van der Waals surface area contributed by atoms with E-state index in [9.17, 15) is 4.79 Å². The van der Waals surface area contributed by atoms with Gasteiger partial charge in [0.25, 0.3) is 0 Å². The number of carbonyl (C=O) groups is 1. The predicted molar refractivity (Wildman–Crippen MR) is 76.6 cm³/mol. The summed E-state index contributed by atoms with van der Waals surface area (Å²) in [4.78, 5) is 13.9. The molecule has 1 N–H and O–H groups in total. The van der Waals surface area contributed by atoms with Crippen LogP contribution in [0.1, 0.15) is 24.8 Å². The third-order valence-electron chi connectivity index (χ3n) is 3.48. The number of carbonyl (C=O) groups excluding carboxylic acids is 1. The van der Waals surface area contributed by atoms with Crippen LogP contribution < -0.4 is 0 Å². The Morgan fingerprint density at radius 3 is 2.53 bits per heavy atom. The van der Waals surface area contributed by atoms with E-state index in [2.05, 4.69) is 0 Å². The third kappa shape index (κ3) is 3.41. The molecule has 0 aromatic heterocycles. The monoisotopic (exact) mass is 301 g/mol. The fourth-order valence-corrected chi connectivity index (χ4v) is 2.95. The molecule has 0 radical (unpaired) electrons. The van der Waals surface area contributed by atoms with E-state index in [0.717, 1.165) is 12.0 Å². The first-order chi connectivity index (χ1) is 9.06. The van der Waals surface area contributed by atoms with Crippen molar-refractivity contribution in [2.75, 3.05) is 19.7 Å². The largest absolute Gasteiger partial charge is 0.395 e. The van der Waals surface area contributed by atoms with Crippen molar-refractivity contribution in [1.29, 1.82) is 0 Å². The molecule has 1 saturated carbocycles. The van der Waals surface area contributed by atoms with Gasteiger partial charge in [0, 0.05) is 29.1 Å². The molecule has 0 saturated heterocycles. The van der Waals surface area contributed by atoms with Gasteiger partial charge in [0.2, 0.25) is 5.91 Å². The molecule has 1 amide bonds. The number of aliphatic hydroxyl groups is 1. The molecule has 3 nitrogen and oxygen atoms in total. The number of hydrogen-bond acceptors (Lipinski definition) is 2. The summed E-state index contributed by atoms with van der Waals surface area (Å²) in [5.74, 6) is 0.315. The summed E-state index contributed by atoms with van der Waals surface area (Å²) in [5, 5.41) is 10.1. The Morgan fingerprint density at radius 1 is 1.37 bits per heavy atom. The molecule has 0 spiro atoms. The molecule has 2 rings (SSSR count). The first-order valence-electron chi connectivity index (χ1n) is 6.42. The number of aliphatic hydroxyl groups excluding tert-OH is 1. The van der Waals surface area contributed by atoms with E-state index in [1.807, 2.05) is 19.1 Å². The van der Waals surface area contributed by atoms with Crippen LogP contribution >= 0.6 is 23.2 Å². The van der Waals surface area contributed by atoms with Gasteiger partial charge < -0.3 is 10.0 Å². The van der Waals surface area contributed by atoms with Crippen LogP contribution in [0.15, 0.2) is 18.2 Å².